The number of hydrogen-bond donors (Lipinski definition) is 2. The van der Waals surface area contributed by atoms with Crippen LogP contribution in [0.4, 0.5) is 18.9 Å². The number of amides is 2. The lowest BCUT2D eigenvalue weighted by Gasteiger charge is -2.08. The smallest absolute Gasteiger partial charge is 0.244 e. The van der Waals surface area contributed by atoms with Gasteiger partial charge < -0.3 is 20.1 Å². The fourth-order valence-electron chi connectivity index (χ4n) is 2.18. The van der Waals surface area contributed by atoms with Gasteiger partial charge in [0, 0.05) is 11.6 Å². The molecular weight excluding hydrogens is 377 g/mol. The van der Waals surface area contributed by atoms with Crippen molar-refractivity contribution < 1.29 is 32.2 Å². The number of hydrogen-bond acceptors (Lipinski definition) is 4. The van der Waals surface area contributed by atoms with Gasteiger partial charge in [0.25, 0.3) is 0 Å². The van der Waals surface area contributed by atoms with Crippen LogP contribution in [0.3, 0.4) is 0 Å². The highest BCUT2D eigenvalue weighted by molar-refractivity contribution is 5.98. The summed E-state index contributed by atoms with van der Waals surface area (Å²) in [6.45, 7) is -0.503. The topological polar surface area (TPSA) is 76.7 Å². The Labute approximate surface area is 158 Å². The van der Waals surface area contributed by atoms with Gasteiger partial charge in [0.2, 0.25) is 11.8 Å². The molecule has 0 radical (unpaired) electrons. The number of anilines is 1. The van der Waals surface area contributed by atoms with Gasteiger partial charge in [-0.3, -0.25) is 9.59 Å². The van der Waals surface area contributed by atoms with Gasteiger partial charge in [-0.05, 0) is 36.4 Å². The van der Waals surface area contributed by atoms with Gasteiger partial charge in [-0.1, -0.05) is 0 Å². The highest BCUT2D eigenvalue weighted by Crippen LogP contribution is 2.25. The minimum atomic E-state index is -1.70. The fraction of sp³-hybridized carbons (Fsp3) is 0.158. The number of halogens is 3. The zero-order chi connectivity index (χ0) is 20.7. The second-order valence-electron chi connectivity index (χ2n) is 5.43. The maximum absolute atomic E-state index is 13.5. The van der Waals surface area contributed by atoms with E-state index in [9.17, 15) is 22.8 Å². The van der Waals surface area contributed by atoms with Gasteiger partial charge in [-0.15, -0.1) is 0 Å². The highest BCUT2D eigenvalue weighted by atomic mass is 19.2. The summed E-state index contributed by atoms with van der Waals surface area (Å²) in [5.41, 5.74) is 0.0418. The van der Waals surface area contributed by atoms with E-state index in [0.29, 0.717) is 23.1 Å². The van der Waals surface area contributed by atoms with Crippen LogP contribution in [0.2, 0.25) is 0 Å². The van der Waals surface area contributed by atoms with Crippen LogP contribution in [0.25, 0.3) is 6.08 Å². The second-order valence-corrected chi connectivity index (χ2v) is 5.43. The molecule has 0 spiro atoms. The molecule has 0 aliphatic carbocycles. The first-order valence-corrected chi connectivity index (χ1v) is 7.97. The van der Waals surface area contributed by atoms with E-state index in [1.165, 1.54) is 26.4 Å². The number of carbonyl (C=O) groups excluding carboxylic acids is 2. The molecule has 0 bridgehead atoms. The Morgan fingerprint density at radius 2 is 1.79 bits per heavy atom. The van der Waals surface area contributed by atoms with Crippen LogP contribution in [0, 0.1) is 17.5 Å². The molecule has 2 rings (SSSR count). The Morgan fingerprint density at radius 1 is 1.04 bits per heavy atom. The van der Waals surface area contributed by atoms with Gasteiger partial charge in [0.1, 0.15) is 11.5 Å². The molecule has 0 aliphatic rings. The number of methoxy groups -OCH3 is 2. The van der Waals surface area contributed by atoms with Crippen molar-refractivity contribution in [2.45, 2.75) is 0 Å². The monoisotopic (exact) mass is 394 g/mol. The summed E-state index contributed by atoms with van der Waals surface area (Å²) in [7, 11) is 2.97. The largest absolute Gasteiger partial charge is 0.497 e. The first kappa shape index (κ1) is 20.8. The molecule has 0 saturated carbocycles. The predicted molar refractivity (Wildman–Crippen MR) is 96.5 cm³/mol. The number of carbonyl (C=O) groups is 2. The van der Waals surface area contributed by atoms with Gasteiger partial charge in [-0.25, -0.2) is 13.2 Å². The molecule has 6 nitrogen and oxygen atoms in total. The van der Waals surface area contributed by atoms with E-state index in [0.717, 1.165) is 6.07 Å². The Morgan fingerprint density at radius 3 is 2.46 bits per heavy atom. The summed E-state index contributed by atoms with van der Waals surface area (Å²) in [4.78, 5) is 23.6. The van der Waals surface area contributed by atoms with E-state index in [2.05, 4.69) is 5.32 Å². The third kappa shape index (κ3) is 5.26. The van der Waals surface area contributed by atoms with Crippen LogP contribution in [-0.4, -0.2) is 32.6 Å². The molecule has 0 fully saturated rings. The minimum Gasteiger partial charge on any atom is -0.497 e. The molecule has 0 unspecified atom stereocenters. The summed E-state index contributed by atoms with van der Waals surface area (Å²) in [6, 6.07) is 6.57. The van der Waals surface area contributed by atoms with E-state index in [-0.39, 0.29) is 0 Å². The quantitative estimate of drug-likeness (QED) is 0.559. The van der Waals surface area contributed by atoms with Crippen molar-refractivity contribution in [3.63, 3.8) is 0 Å². The molecule has 9 heteroatoms. The lowest BCUT2D eigenvalue weighted by molar-refractivity contribution is -0.121. The summed E-state index contributed by atoms with van der Waals surface area (Å²) < 4.78 is 49.8. The van der Waals surface area contributed by atoms with Gasteiger partial charge >= 0.3 is 0 Å². The first-order valence-electron chi connectivity index (χ1n) is 7.97. The van der Waals surface area contributed by atoms with Crippen molar-refractivity contribution in [2.24, 2.45) is 0 Å². The molecule has 28 heavy (non-hydrogen) atoms. The molecule has 0 aliphatic heterocycles. The molecule has 0 aromatic heterocycles. The molecular formula is C19H17F3N2O4. The number of ether oxygens (including phenoxy) is 2. The van der Waals surface area contributed by atoms with Crippen molar-refractivity contribution in [1.82, 2.24) is 5.32 Å². The van der Waals surface area contributed by atoms with Crippen LogP contribution in [-0.2, 0) is 9.59 Å². The van der Waals surface area contributed by atoms with Gasteiger partial charge in [0.05, 0.1) is 26.5 Å². The predicted octanol–water partition coefficient (Wildman–Crippen LogP) is 2.89. The van der Waals surface area contributed by atoms with Crippen molar-refractivity contribution in [2.75, 3.05) is 26.1 Å². The molecule has 0 saturated heterocycles. The SMILES string of the molecule is COc1ccc(OC)c(C=CC(=O)NCC(=O)Nc2ccc(F)c(F)c2F)c1. The van der Waals surface area contributed by atoms with E-state index in [4.69, 9.17) is 9.47 Å². The van der Waals surface area contributed by atoms with Crippen molar-refractivity contribution >= 4 is 23.6 Å². The zero-order valence-corrected chi connectivity index (χ0v) is 15.0. The van der Waals surface area contributed by atoms with E-state index >= 15 is 0 Å². The summed E-state index contributed by atoms with van der Waals surface area (Å²) in [5, 5.41) is 4.33. The maximum Gasteiger partial charge on any atom is 0.244 e. The Balaban J connectivity index is 1.94. The second kappa shape index (κ2) is 9.45. The molecule has 0 atom stereocenters. The van der Waals surface area contributed by atoms with E-state index in [1.54, 1.807) is 18.2 Å². The average Bonchev–Trinajstić information content (AvgIpc) is 2.70. The first-order chi connectivity index (χ1) is 13.3. The molecule has 2 aromatic rings. The minimum absolute atomic E-state index is 0.503. The number of benzene rings is 2. The third-order valence-electron chi connectivity index (χ3n) is 3.58. The van der Waals surface area contributed by atoms with E-state index < -0.39 is 41.5 Å². The zero-order valence-electron chi connectivity index (χ0n) is 15.0. The van der Waals surface area contributed by atoms with Crippen LogP contribution < -0.4 is 20.1 Å². The summed E-state index contributed by atoms with van der Waals surface area (Å²) in [6.07, 6.45) is 2.63. The average molecular weight is 394 g/mol. The lowest BCUT2D eigenvalue weighted by Crippen LogP contribution is -2.32. The molecule has 2 aromatic carbocycles. The number of nitrogens with one attached hydrogen (secondary N) is 2. The lowest BCUT2D eigenvalue weighted by atomic mass is 10.1. The van der Waals surface area contributed by atoms with Crippen LogP contribution in [0.15, 0.2) is 36.4 Å². The normalized spacial score (nSPS) is 10.6. The molecule has 2 amide bonds. The van der Waals surface area contributed by atoms with Crippen LogP contribution in [0.5, 0.6) is 11.5 Å². The van der Waals surface area contributed by atoms with Gasteiger partial charge in [0.15, 0.2) is 17.5 Å². The molecule has 148 valence electrons. The van der Waals surface area contributed by atoms with Crippen molar-refractivity contribution in [1.29, 1.82) is 0 Å². The van der Waals surface area contributed by atoms with Crippen LogP contribution in [0.1, 0.15) is 5.56 Å². The number of rotatable bonds is 7. The fourth-order valence-corrected chi connectivity index (χ4v) is 2.18. The van der Waals surface area contributed by atoms with E-state index in [1.807, 2.05) is 5.32 Å². The maximum atomic E-state index is 13.5. The Hall–Kier alpha value is -3.49. The summed E-state index contributed by atoms with van der Waals surface area (Å²) >= 11 is 0. The Kier molecular flexibility index (Phi) is 7.02. The molecule has 2 N–H and O–H groups in total. The van der Waals surface area contributed by atoms with Gasteiger partial charge in [-0.2, -0.15) is 0 Å². The van der Waals surface area contributed by atoms with Crippen molar-refractivity contribution in [3.8, 4) is 11.5 Å². The molecule has 0 heterocycles. The highest BCUT2D eigenvalue weighted by Gasteiger charge is 2.15. The summed E-state index contributed by atoms with van der Waals surface area (Å²) in [5.74, 6) is -4.94. The standard InChI is InChI=1S/C19H17F3N2O4/c1-27-12-4-7-15(28-2)11(9-12)3-8-16(25)23-10-17(26)24-14-6-5-13(20)18(21)19(14)22/h3-9H,10H2,1-2H3,(H,23,25)(H,24,26). The van der Waals surface area contributed by atoms with Crippen LogP contribution >= 0.6 is 0 Å². The third-order valence-corrected chi connectivity index (χ3v) is 3.58. The Bertz CT molecular complexity index is 916. The van der Waals surface area contributed by atoms with Crippen molar-refractivity contribution in [3.05, 3.63) is 59.4 Å².